The Labute approximate surface area is 90.0 Å². The van der Waals surface area contributed by atoms with Crippen molar-refractivity contribution in [3.8, 4) is 11.4 Å². The first-order valence-corrected chi connectivity index (χ1v) is 4.56. The molecule has 2 aromatic rings. The molecule has 0 aliphatic heterocycles. The summed E-state index contributed by atoms with van der Waals surface area (Å²) in [6.07, 6.45) is 0. The Morgan fingerprint density at radius 1 is 1.33 bits per heavy atom. The number of aromatic amines is 1. The van der Waals surface area contributed by atoms with Gasteiger partial charge in [-0.05, 0) is 24.4 Å². The molecule has 0 unspecified atom stereocenters. The van der Waals surface area contributed by atoms with E-state index >= 15 is 0 Å². The number of hydrogen-bond acceptors (Lipinski definition) is 4. The maximum atomic E-state index is 12.9. The van der Waals surface area contributed by atoms with Crippen LogP contribution in [0.1, 0.15) is 0 Å². The van der Waals surface area contributed by atoms with Gasteiger partial charge in [-0.3, -0.25) is 0 Å². The van der Waals surface area contributed by atoms with Crippen LogP contribution in [0.5, 0.6) is 0 Å². The SMILES string of the molecule is Nc1nc(=S)nc(-c2cccc(F)c2)[nH]1. The fourth-order valence-corrected chi connectivity index (χ4v) is 1.36. The summed E-state index contributed by atoms with van der Waals surface area (Å²) in [5.41, 5.74) is 6.05. The molecule has 0 saturated carbocycles. The number of nitrogens with two attached hydrogens (primary N) is 1. The molecule has 3 N–H and O–H groups in total. The van der Waals surface area contributed by atoms with Gasteiger partial charge in [0, 0.05) is 5.56 Å². The zero-order valence-corrected chi connectivity index (χ0v) is 8.38. The van der Waals surface area contributed by atoms with Gasteiger partial charge in [-0.25, -0.2) is 9.37 Å². The fourth-order valence-electron chi connectivity index (χ4n) is 1.17. The Hall–Kier alpha value is -1.82. The molecular weight excluding hydrogens is 215 g/mol. The van der Waals surface area contributed by atoms with Crippen LogP contribution >= 0.6 is 12.2 Å². The second-order valence-electron chi connectivity index (χ2n) is 2.88. The Morgan fingerprint density at radius 2 is 2.13 bits per heavy atom. The fraction of sp³-hybridized carbons (Fsp3) is 0. The normalized spacial score (nSPS) is 10.2. The van der Waals surface area contributed by atoms with E-state index in [1.165, 1.54) is 12.1 Å². The van der Waals surface area contributed by atoms with Crippen LogP contribution in [0.2, 0.25) is 0 Å². The van der Waals surface area contributed by atoms with Crippen LogP contribution in [0, 0.1) is 10.6 Å². The number of nitrogens with one attached hydrogen (secondary N) is 1. The van der Waals surface area contributed by atoms with Gasteiger partial charge in [0.05, 0.1) is 0 Å². The van der Waals surface area contributed by atoms with Gasteiger partial charge in [-0.15, -0.1) is 0 Å². The standard InChI is InChI=1S/C9H7FN4S/c10-6-3-1-2-5(4-6)7-12-8(11)14-9(15)13-7/h1-4H,(H3,11,12,13,14,15). The summed E-state index contributed by atoms with van der Waals surface area (Å²) in [4.78, 5) is 10.4. The topological polar surface area (TPSA) is 67.6 Å². The quantitative estimate of drug-likeness (QED) is 0.723. The van der Waals surface area contributed by atoms with Crippen LogP contribution in [0.4, 0.5) is 10.3 Å². The summed E-state index contributed by atoms with van der Waals surface area (Å²) in [5.74, 6) is 0.227. The van der Waals surface area contributed by atoms with Crippen molar-refractivity contribution in [3.63, 3.8) is 0 Å². The molecule has 15 heavy (non-hydrogen) atoms. The van der Waals surface area contributed by atoms with E-state index in [4.69, 9.17) is 18.0 Å². The van der Waals surface area contributed by atoms with Crippen molar-refractivity contribution in [2.75, 3.05) is 5.73 Å². The lowest BCUT2D eigenvalue weighted by Crippen LogP contribution is -1.99. The molecule has 0 amide bonds. The van der Waals surface area contributed by atoms with E-state index in [0.29, 0.717) is 11.4 Å². The minimum atomic E-state index is -0.344. The van der Waals surface area contributed by atoms with Crippen molar-refractivity contribution in [3.05, 3.63) is 34.9 Å². The van der Waals surface area contributed by atoms with E-state index in [1.807, 2.05) is 0 Å². The lowest BCUT2D eigenvalue weighted by Gasteiger charge is -2.01. The summed E-state index contributed by atoms with van der Waals surface area (Å²) in [6.45, 7) is 0. The molecule has 0 radical (unpaired) electrons. The Balaban J connectivity index is 2.59. The van der Waals surface area contributed by atoms with Crippen LogP contribution in [-0.2, 0) is 0 Å². The summed E-state index contributed by atoms with van der Waals surface area (Å²) >= 11 is 4.80. The number of H-pyrrole nitrogens is 1. The van der Waals surface area contributed by atoms with Crippen molar-refractivity contribution in [1.82, 2.24) is 15.0 Å². The van der Waals surface area contributed by atoms with E-state index in [1.54, 1.807) is 12.1 Å². The highest BCUT2D eigenvalue weighted by atomic mass is 32.1. The number of hydrogen-bond donors (Lipinski definition) is 2. The van der Waals surface area contributed by atoms with E-state index in [-0.39, 0.29) is 16.5 Å². The number of rotatable bonds is 1. The second-order valence-corrected chi connectivity index (χ2v) is 3.24. The monoisotopic (exact) mass is 222 g/mol. The molecule has 6 heteroatoms. The first-order valence-electron chi connectivity index (χ1n) is 4.15. The van der Waals surface area contributed by atoms with E-state index < -0.39 is 0 Å². The molecule has 76 valence electrons. The van der Waals surface area contributed by atoms with Crippen LogP contribution in [0.3, 0.4) is 0 Å². The van der Waals surface area contributed by atoms with Gasteiger partial charge < -0.3 is 10.7 Å². The number of halogens is 1. The molecule has 2 rings (SSSR count). The Kier molecular flexibility index (Phi) is 2.42. The molecule has 1 heterocycles. The largest absolute Gasteiger partial charge is 0.369 e. The molecule has 0 spiro atoms. The molecule has 4 nitrogen and oxygen atoms in total. The van der Waals surface area contributed by atoms with Crippen LogP contribution < -0.4 is 5.73 Å². The molecule has 0 bridgehead atoms. The number of benzene rings is 1. The lowest BCUT2D eigenvalue weighted by atomic mass is 10.2. The molecular formula is C9H7FN4S. The van der Waals surface area contributed by atoms with E-state index in [0.717, 1.165) is 0 Å². The highest BCUT2D eigenvalue weighted by Crippen LogP contribution is 2.15. The first kappa shape index (κ1) is 9.72. The molecule has 0 aliphatic rings. The van der Waals surface area contributed by atoms with E-state index in [9.17, 15) is 4.39 Å². The molecule has 1 aromatic heterocycles. The maximum absolute atomic E-state index is 12.9. The lowest BCUT2D eigenvalue weighted by molar-refractivity contribution is 0.628. The average molecular weight is 222 g/mol. The smallest absolute Gasteiger partial charge is 0.224 e. The van der Waals surface area contributed by atoms with Crippen LogP contribution in [-0.4, -0.2) is 15.0 Å². The van der Waals surface area contributed by atoms with Crippen molar-refractivity contribution in [2.45, 2.75) is 0 Å². The molecule has 0 saturated heterocycles. The number of nitrogen functional groups attached to an aromatic ring is 1. The molecule has 1 aromatic carbocycles. The van der Waals surface area contributed by atoms with Gasteiger partial charge >= 0.3 is 0 Å². The van der Waals surface area contributed by atoms with Crippen molar-refractivity contribution >= 4 is 18.2 Å². The molecule has 0 fully saturated rings. The summed E-state index contributed by atoms with van der Waals surface area (Å²) in [6, 6.07) is 5.98. The van der Waals surface area contributed by atoms with Crippen molar-refractivity contribution in [2.24, 2.45) is 0 Å². The van der Waals surface area contributed by atoms with Crippen molar-refractivity contribution < 1.29 is 4.39 Å². The third kappa shape index (κ3) is 2.16. The van der Waals surface area contributed by atoms with Gasteiger partial charge in [0.25, 0.3) is 0 Å². The van der Waals surface area contributed by atoms with Crippen molar-refractivity contribution in [1.29, 1.82) is 0 Å². The molecule has 0 aliphatic carbocycles. The van der Waals surface area contributed by atoms with Crippen LogP contribution in [0.15, 0.2) is 24.3 Å². The van der Waals surface area contributed by atoms with Crippen LogP contribution in [0.25, 0.3) is 11.4 Å². The van der Waals surface area contributed by atoms with E-state index in [2.05, 4.69) is 15.0 Å². The zero-order valence-electron chi connectivity index (χ0n) is 7.57. The van der Waals surface area contributed by atoms with Gasteiger partial charge in [-0.2, -0.15) is 4.98 Å². The Morgan fingerprint density at radius 3 is 2.80 bits per heavy atom. The maximum Gasteiger partial charge on any atom is 0.224 e. The minimum absolute atomic E-state index is 0.130. The highest BCUT2D eigenvalue weighted by Gasteiger charge is 2.02. The number of nitrogens with zero attached hydrogens (tertiary/aromatic N) is 2. The second kappa shape index (κ2) is 3.74. The minimum Gasteiger partial charge on any atom is -0.369 e. The summed E-state index contributed by atoms with van der Waals surface area (Å²) in [5, 5.41) is 0. The zero-order chi connectivity index (χ0) is 10.8. The highest BCUT2D eigenvalue weighted by molar-refractivity contribution is 7.71. The average Bonchev–Trinajstić information content (AvgIpc) is 2.16. The van der Waals surface area contributed by atoms with Gasteiger partial charge in [-0.1, -0.05) is 12.1 Å². The van der Waals surface area contributed by atoms with Gasteiger partial charge in [0.15, 0.2) is 0 Å². The predicted molar refractivity (Wildman–Crippen MR) is 57.0 cm³/mol. The van der Waals surface area contributed by atoms with Gasteiger partial charge in [0.1, 0.15) is 11.6 Å². The Bertz CT molecular complexity index is 552. The third-order valence-electron chi connectivity index (χ3n) is 1.77. The third-order valence-corrected chi connectivity index (χ3v) is 1.95. The summed E-state index contributed by atoms with van der Waals surface area (Å²) < 4.78 is 13.1. The molecule has 0 atom stereocenters. The first-order chi connectivity index (χ1) is 7.15. The predicted octanol–water partition coefficient (Wildman–Crippen LogP) is 1.92. The number of aromatic nitrogens is 3. The number of anilines is 1. The van der Waals surface area contributed by atoms with Gasteiger partial charge in [0.2, 0.25) is 10.7 Å². The summed E-state index contributed by atoms with van der Waals surface area (Å²) in [7, 11) is 0.